The number of hydrogen-bond donors (Lipinski definition) is 0. The third-order valence-electron chi connectivity index (χ3n) is 4.37. The monoisotopic (exact) mass is 357 g/mol. The number of thiazole rings is 1. The maximum Gasteiger partial charge on any atom is 0.273 e. The minimum absolute atomic E-state index is 0.0575. The SMILES string of the molecule is CC(C)C(=O)N1CCN(C(=O)c2cscn2)[C@@H]2CS(=O)(=O)C[C@@H]21. The summed E-state index contributed by atoms with van der Waals surface area (Å²) < 4.78 is 24.2. The quantitative estimate of drug-likeness (QED) is 0.757. The molecule has 2 saturated heterocycles. The number of carbonyl (C=O) groups is 2. The summed E-state index contributed by atoms with van der Waals surface area (Å²) in [5.41, 5.74) is 1.91. The fraction of sp³-hybridized carbons (Fsp3) is 0.643. The molecule has 2 aliphatic heterocycles. The average Bonchev–Trinajstić information content (AvgIpc) is 3.10. The van der Waals surface area contributed by atoms with Gasteiger partial charge in [0, 0.05) is 24.4 Å². The van der Waals surface area contributed by atoms with Crippen LogP contribution in [0.3, 0.4) is 0 Å². The third kappa shape index (κ3) is 2.99. The lowest BCUT2D eigenvalue weighted by Crippen LogP contribution is -2.62. The Labute approximate surface area is 139 Å². The van der Waals surface area contributed by atoms with Gasteiger partial charge >= 0.3 is 0 Å². The Morgan fingerprint density at radius 2 is 1.83 bits per heavy atom. The molecule has 2 fully saturated rings. The van der Waals surface area contributed by atoms with Gasteiger partial charge in [-0.25, -0.2) is 13.4 Å². The van der Waals surface area contributed by atoms with Crippen molar-refractivity contribution >= 4 is 33.0 Å². The zero-order chi connectivity index (χ0) is 16.8. The van der Waals surface area contributed by atoms with Crippen LogP contribution in [-0.4, -0.2) is 71.7 Å². The van der Waals surface area contributed by atoms with Crippen molar-refractivity contribution in [3.05, 3.63) is 16.6 Å². The molecule has 0 unspecified atom stereocenters. The topological polar surface area (TPSA) is 87.7 Å². The Hall–Kier alpha value is -1.48. The largest absolute Gasteiger partial charge is 0.335 e. The van der Waals surface area contributed by atoms with Crippen LogP contribution in [-0.2, 0) is 14.6 Å². The highest BCUT2D eigenvalue weighted by molar-refractivity contribution is 7.91. The van der Waals surface area contributed by atoms with Crippen LogP contribution in [0.25, 0.3) is 0 Å². The predicted octanol–water partition coefficient (Wildman–Crippen LogP) is 0.249. The number of rotatable bonds is 2. The lowest BCUT2D eigenvalue weighted by molar-refractivity contribution is -0.139. The minimum atomic E-state index is -3.26. The van der Waals surface area contributed by atoms with E-state index in [0.29, 0.717) is 18.8 Å². The number of nitrogens with zero attached hydrogens (tertiary/aromatic N) is 3. The number of sulfone groups is 1. The highest BCUT2D eigenvalue weighted by atomic mass is 32.2. The van der Waals surface area contributed by atoms with Crippen molar-refractivity contribution in [1.82, 2.24) is 14.8 Å². The second kappa shape index (κ2) is 5.86. The second-order valence-corrected chi connectivity index (χ2v) is 9.14. The van der Waals surface area contributed by atoms with Gasteiger partial charge < -0.3 is 9.80 Å². The van der Waals surface area contributed by atoms with Gasteiger partial charge in [0.05, 0.1) is 29.1 Å². The van der Waals surface area contributed by atoms with Gasteiger partial charge in [0.1, 0.15) is 5.69 Å². The van der Waals surface area contributed by atoms with E-state index in [9.17, 15) is 18.0 Å². The van der Waals surface area contributed by atoms with Crippen molar-refractivity contribution in [2.45, 2.75) is 25.9 Å². The van der Waals surface area contributed by atoms with Crippen LogP contribution >= 0.6 is 11.3 Å². The summed E-state index contributed by atoms with van der Waals surface area (Å²) >= 11 is 1.32. The average molecular weight is 357 g/mol. The molecule has 9 heteroatoms. The van der Waals surface area contributed by atoms with Gasteiger partial charge in [-0.05, 0) is 0 Å². The van der Waals surface area contributed by atoms with Gasteiger partial charge in [-0.2, -0.15) is 0 Å². The van der Waals surface area contributed by atoms with Gasteiger partial charge in [0.15, 0.2) is 9.84 Å². The first-order valence-corrected chi connectivity index (χ1v) is 10.3. The maximum absolute atomic E-state index is 12.6. The van der Waals surface area contributed by atoms with E-state index in [1.165, 1.54) is 11.3 Å². The molecule has 1 aromatic heterocycles. The highest BCUT2D eigenvalue weighted by Crippen LogP contribution is 2.29. The summed E-state index contributed by atoms with van der Waals surface area (Å²) in [6.07, 6.45) is 0. The summed E-state index contributed by atoms with van der Waals surface area (Å²) in [6, 6.07) is -0.933. The smallest absolute Gasteiger partial charge is 0.273 e. The van der Waals surface area contributed by atoms with Crippen LogP contribution in [0.2, 0.25) is 0 Å². The molecule has 0 aromatic carbocycles. The first kappa shape index (κ1) is 16.4. The van der Waals surface area contributed by atoms with Crippen molar-refractivity contribution in [2.24, 2.45) is 5.92 Å². The lowest BCUT2D eigenvalue weighted by Gasteiger charge is -2.44. The Kier molecular flexibility index (Phi) is 4.18. The Bertz CT molecular complexity index is 714. The van der Waals surface area contributed by atoms with Crippen LogP contribution in [0, 0.1) is 5.92 Å². The van der Waals surface area contributed by atoms with Gasteiger partial charge in [-0.1, -0.05) is 13.8 Å². The van der Waals surface area contributed by atoms with Crippen molar-refractivity contribution < 1.29 is 18.0 Å². The Balaban J connectivity index is 1.90. The van der Waals surface area contributed by atoms with E-state index in [2.05, 4.69) is 4.98 Å². The molecule has 7 nitrogen and oxygen atoms in total. The Morgan fingerprint density at radius 3 is 2.39 bits per heavy atom. The summed E-state index contributed by atoms with van der Waals surface area (Å²) in [5, 5.41) is 1.66. The number of piperazine rings is 1. The highest BCUT2D eigenvalue weighted by Gasteiger charge is 2.49. The standard InChI is InChI=1S/C14H19N3O4S2/c1-9(2)13(18)16-3-4-17(14(19)10-5-22-8-15-10)12-7-23(20,21)6-11(12)16/h5,8-9,11-12H,3-4,6-7H2,1-2H3/t11-,12+/m0/s1. The van der Waals surface area contributed by atoms with Crippen molar-refractivity contribution in [3.63, 3.8) is 0 Å². The van der Waals surface area contributed by atoms with E-state index in [-0.39, 0.29) is 29.2 Å². The minimum Gasteiger partial charge on any atom is -0.335 e. The molecule has 3 rings (SSSR count). The molecule has 0 bridgehead atoms. The van der Waals surface area contributed by atoms with E-state index >= 15 is 0 Å². The molecule has 0 spiro atoms. The normalized spacial score (nSPS) is 26.4. The number of carbonyl (C=O) groups excluding carboxylic acids is 2. The van der Waals surface area contributed by atoms with Gasteiger partial charge in [-0.3, -0.25) is 9.59 Å². The molecule has 1 aromatic rings. The summed E-state index contributed by atoms with van der Waals surface area (Å²) in [4.78, 5) is 32.2. The van der Waals surface area contributed by atoms with Crippen molar-refractivity contribution in [1.29, 1.82) is 0 Å². The van der Waals surface area contributed by atoms with E-state index in [4.69, 9.17) is 0 Å². The molecule has 2 aliphatic rings. The number of amides is 2. The van der Waals surface area contributed by atoms with Crippen LogP contribution in [0.4, 0.5) is 0 Å². The predicted molar refractivity (Wildman–Crippen MR) is 85.9 cm³/mol. The first-order chi connectivity index (χ1) is 10.8. The molecule has 0 saturated carbocycles. The fourth-order valence-electron chi connectivity index (χ4n) is 3.28. The molecule has 23 heavy (non-hydrogen) atoms. The summed E-state index contributed by atoms with van der Waals surface area (Å²) in [6.45, 7) is 4.30. The summed E-state index contributed by atoms with van der Waals surface area (Å²) in [5.74, 6) is -0.667. The van der Waals surface area contributed by atoms with Crippen LogP contribution in [0.1, 0.15) is 24.3 Å². The van der Waals surface area contributed by atoms with E-state index in [1.54, 1.807) is 34.5 Å². The van der Waals surface area contributed by atoms with Crippen LogP contribution < -0.4 is 0 Å². The van der Waals surface area contributed by atoms with E-state index in [1.807, 2.05) is 0 Å². The molecule has 2 atom stereocenters. The zero-order valence-corrected chi connectivity index (χ0v) is 14.6. The van der Waals surface area contributed by atoms with Gasteiger partial charge in [0.25, 0.3) is 5.91 Å². The van der Waals surface area contributed by atoms with Crippen molar-refractivity contribution in [2.75, 3.05) is 24.6 Å². The molecular weight excluding hydrogens is 338 g/mol. The first-order valence-electron chi connectivity index (χ1n) is 7.50. The molecule has 0 aliphatic carbocycles. The molecular formula is C14H19N3O4S2. The van der Waals surface area contributed by atoms with E-state index < -0.39 is 21.9 Å². The fourth-order valence-corrected chi connectivity index (χ4v) is 5.78. The Morgan fingerprint density at radius 1 is 1.22 bits per heavy atom. The molecule has 126 valence electrons. The number of fused-ring (bicyclic) bond motifs is 1. The van der Waals surface area contributed by atoms with Crippen LogP contribution in [0.5, 0.6) is 0 Å². The number of aromatic nitrogens is 1. The molecule has 0 radical (unpaired) electrons. The second-order valence-electron chi connectivity index (χ2n) is 6.27. The number of hydrogen-bond acceptors (Lipinski definition) is 6. The third-order valence-corrected chi connectivity index (χ3v) is 6.65. The lowest BCUT2D eigenvalue weighted by atomic mass is 10.0. The maximum atomic E-state index is 12.6. The molecule has 0 N–H and O–H groups in total. The van der Waals surface area contributed by atoms with Crippen molar-refractivity contribution in [3.8, 4) is 0 Å². The molecule has 3 heterocycles. The zero-order valence-electron chi connectivity index (χ0n) is 13.0. The summed E-state index contributed by atoms with van der Waals surface area (Å²) in [7, 11) is -3.26. The van der Waals surface area contributed by atoms with E-state index in [0.717, 1.165) is 0 Å². The van der Waals surface area contributed by atoms with Crippen LogP contribution in [0.15, 0.2) is 10.9 Å². The van der Waals surface area contributed by atoms with Gasteiger partial charge in [0.2, 0.25) is 5.91 Å². The molecule has 2 amide bonds. The van der Waals surface area contributed by atoms with Gasteiger partial charge in [-0.15, -0.1) is 11.3 Å².